The average Bonchev–Trinajstić information content (AvgIpc) is 2.66. The van der Waals surface area contributed by atoms with Crippen LogP contribution in [0.4, 0.5) is 0 Å². The molecule has 104 valence electrons. The van der Waals surface area contributed by atoms with Crippen molar-refractivity contribution < 1.29 is 9.53 Å². The zero-order valence-corrected chi connectivity index (χ0v) is 12.6. The van der Waals surface area contributed by atoms with Gasteiger partial charge in [0.05, 0.1) is 5.52 Å². The molecule has 1 aromatic carbocycles. The van der Waals surface area contributed by atoms with E-state index in [1.807, 2.05) is 45.2 Å². The van der Waals surface area contributed by atoms with Crippen LogP contribution in [0.5, 0.6) is 0 Å². The molecule has 0 aliphatic heterocycles. The number of carbonyl (C=O) groups is 1. The van der Waals surface area contributed by atoms with Crippen LogP contribution in [-0.2, 0) is 16.0 Å². The summed E-state index contributed by atoms with van der Waals surface area (Å²) < 4.78 is 6.21. The molecule has 2 aromatic rings. The minimum Gasteiger partial charge on any atom is -0.462 e. The zero-order valence-electron chi connectivity index (χ0n) is 11.8. The van der Waals surface area contributed by atoms with Crippen molar-refractivity contribution in [3.8, 4) is 0 Å². The van der Waals surface area contributed by atoms with Crippen molar-refractivity contribution in [1.29, 1.82) is 0 Å². The topological polar surface area (TPSA) is 31.2 Å². The summed E-state index contributed by atoms with van der Waals surface area (Å²) in [6.07, 6.45) is 3.01. The molecular formula is C15H20ClNO2. The molecule has 0 saturated heterocycles. The molecule has 0 bridgehead atoms. The second-order valence-electron chi connectivity index (χ2n) is 5.16. The van der Waals surface area contributed by atoms with E-state index in [0.29, 0.717) is 6.47 Å². The zero-order chi connectivity index (χ0) is 14.5. The monoisotopic (exact) mass is 281 g/mol. The number of benzene rings is 1. The highest BCUT2D eigenvalue weighted by Crippen LogP contribution is 2.22. The summed E-state index contributed by atoms with van der Waals surface area (Å²) in [7, 11) is 0. The Kier molecular flexibility index (Phi) is 5.43. The summed E-state index contributed by atoms with van der Waals surface area (Å²) in [4.78, 5) is 9.60. The summed E-state index contributed by atoms with van der Waals surface area (Å²) in [5.74, 6) is 0. The van der Waals surface area contributed by atoms with E-state index in [-0.39, 0.29) is 5.60 Å². The van der Waals surface area contributed by atoms with Gasteiger partial charge in [-0.3, -0.25) is 8.88 Å². The fourth-order valence-electron chi connectivity index (χ4n) is 1.63. The Morgan fingerprint density at radius 2 is 1.95 bits per heavy atom. The van der Waals surface area contributed by atoms with E-state index in [4.69, 9.17) is 11.8 Å². The highest BCUT2D eigenvalue weighted by molar-refractivity contribution is 6.19. The standard InChI is InChI=1S/C10H10ClN.C5H10O2/c1-2-8-7-12(11)10-6-4-3-5-9(8)10;1-5(2,3)7-4-6/h3-7H,2H2,1H3;4H,1-3H3. The number of carbonyl (C=O) groups excluding carboxylic acids is 1. The first kappa shape index (κ1) is 15.6. The Morgan fingerprint density at radius 3 is 2.42 bits per heavy atom. The third kappa shape index (κ3) is 4.60. The molecule has 4 heteroatoms. The predicted molar refractivity (Wildman–Crippen MR) is 79.5 cm³/mol. The van der Waals surface area contributed by atoms with E-state index < -0.39 is 0 Å². The average molecular weight is 282 g/mol. The van der Waals surface area contributed by atoms with Gasteiger partial charge in [-0.25, -0.2) is 0 Å². The molecule has 0 radical (unpaired) electrons. The number of ether oxygens (including phenoxy) is 1. The van der Waals surface area contributed by atoms with Crippen LogP contribution in [-0.4, -0.2) is 16.2 Å². The molecule has 0 amide bonds. The van der Waals surface area contributed by atoms with Gasteiger partial charge in [0, 0.05) is 23.4 Å². The summed E-state index contributed by atoms with van der Waals surface area (Å²) in [5.41, 5.74) is 2.08. The molecule has 1 heterocycles. The Morgan fingerprint density at radius 1 is 1.32 bits per heavy atom. The van der Waals surface area contributed by atoms with Crippen LogP contribution in [0.1, 0.15) is 33.3 Å². The molecule has 2 rings (SSSR count). The van der Waals surface area contributed by atoms with Crippen molar-refractivity contribution in [3.05, 3.63) is 36.0 Å². The maximum absolute atomic E-state index is 9.60. The minimum atomic E-state index is -0.318. The van der Waals surface area contributed by atoms with Crippen LogP contribution in [0.2, 0.25) is 0 Å². The number of nitrogens with zero attached hydrogens (tertiary/aromatic N) is 1. The number of aryl methyl sites for hydroxylation is 1. The van der Waals surface area contributed by atoms with Gasteiger partial charge in [-0.05, 0) is 38.8 Å². The predicted octanol–water partition coefficient (Wildman–Crippen LogP) is 4.16. The Bertz CT molecular complexity index is 541. The normalized spacial score (nSPS) is 10.8. The molecule has 0 saturated carbocycles. The van der Waals surface area contributed by atoms with Crippen LogP contribution in [0, 0.1) is 0 Å². The van der Waals surface area contributed by atoms with Gasteiger partial charge in [-0.1, -0.05) is 25.1 Å². The first-order chi connectivity index (χ1) is 8.89. The number of para-hydroxylation sites is 1. The lowest BCUT2D eigenvalue weighted by molar-refractivity contribution is -0.138. The van der Waals surface area contributed by atoms with Crippen molar-refractivity contribution >= 4 is 29.2 Å². The number of halogens is 1. The molecule has 0 unspecified atom stereocenters. The van der Waals surface area contributed by atoms with Crippen LogP contribution in [0.25, 0.3) is 10.9 Å². The van der Waals surface area contributed by atoms with Gasteiger partial charge < -0.3 is 4.74 Å². The number of rotatable bonds is 2. The van der Waals surface area contributed by atoms with Gasteiger partial charge in [0.2, 0.25) is 0 Å². The van der Waals surface area contributed by atoms with Crippen molar-refractivity contribution in [3.63, 3.8) is 0 Å². The van der Waals surface area contributed by atoms with Crippen molar-refractivity contribution in [2.24, 2.45) is 0 Å². The smallest absolute Gasteiger partial charge is 0.293 e. The van der Waals surface area contributed by atoms with Gasteiger partial charge in [-0.2, -0.15) is 0 Å². The third-order valence-electron chi connectivity index (χ3n) is 2.53. The maximum Gasteiger partial charge on any atom is 0.293 e. The number of hydrogen-bond acceptors (Lipinski definition) is 2. The van der Waals surface area contributed by atoms with Gasteiger partial charge in [0.15, 0.2) is 0 Å². The summed E-state index contributed by atoms with van der Waals surface area (Å²) in [6, 6.07) is 8.17. The van der Waals surface area contributed by atoms with E-state index in [1.165, 1.54) is 10.9 Å². The van der Waals surface area contributed by atoms with Crippen molar-refractivity contribution in [1.82, 2.24) is 4.09 Å². The van der Waals surface area contributed by atoms with E-state index in [0.717, 1.165) is 11.9 Å². The van der Waals surface area contributed by atoms with Crippen molar-refractivity contribution in [2.45, 2.75) is 39.7 Å². The van der Waals surface area contributed by atoms with Gasteiger partial charge in [-0.15, -0.1) is 0 Å². The van der Waals surface area contributed by atoms with Crippen LogP contribution < -0.4 is 0 Å². The fourth-order valence-corrected chi connectivity index (χ4v) is 1.90. The number of hydrogen-bond donors (Lipinski definition) is 0. The SMILES string of the molecule is CC(C)(C)OC=O.CCc1cn(Cl)c2ccccc12. The molecule has 19 heavy (non-hydrogen) atoms. The highest BCUT2D eigenvalue weighted by atomic mass is 35.5. The van der Waals surface area contributed by atoms with Crippen LogP contribution in [0.15, 0.2) is 30.5 Å². The first-order valence-electron chi connectivity index (χ1n) is 6.25. The van der Waals surface area contributed by atoms with Gasteiger partial charge in [0.1, 0.15) is 5.60 Å². The molecule has 0 fully saturated rings. The Balaban J connectivity index is 0.000000224. The van der Waals surface area contributed by atoms with Crippen molar-refractivity contribution in [2.75, 3.05) is 0 Å². The van der Waals surface area contributed by atoms with E-state index in [9.17, 15) is 4.79 Å². The van der Waals surface area contributed by atoms with E-state index in [2.05, 4.69) is 17.7 Å². The van der Waals surface area contributed by atoms with Crippen LogP contribution >= 0.6 is 11.8 Å². The van der Waals surface area contributed by atoms with E-state index in [1.54, 1.807) is 4.09 Å². The largest absolute Gasteiger partial charge is 0.462 e. The Labute approximate surface area is 119 Å². The molecule has 0 spiro atoms. The number of fused-ring (bicyclic) bond motifs is 1. The quantitative estimate of drug-likeness (QED) is 0.774. The summed E-state index contributed by atoms with van der Waals surface area (Å²) in [5, 5.41) is 1.26. The van der Waals surface area contributed by atoms with Crippen LogP contribution in [0.3, 0.4) is 0 Å². The second kappa shape index (κ2) is 6.62. The third-order valence-corrected chi connectivity index (χ3v) is 2.81. The molecule has 3 nitrogen and oxygen atoms in total. The second-order valence-corrected chi connectivity index (χ2v) is 5.53. The summed E-state index contributed by atoms with van der Waals surface area (Å²) in [6.45, 7) is 8.06. The van der Waals surface area contributed by atoms with E-state index >= 15 is 0 Å². The molecule has 1 aromatic heterocycles. The molecule has 0 atom stereocenters. The fraction of sp³-hybridized carbons (Fsp3) is 0.400. The first-order valence-corrected chi connectivity index (χ1v) is 6.59. The maximum atomic E-state index is 9.60. The molecular weight excluding hydrogens is 262 g/mol. The summed E-state index contributed by atoms with van der Waals surface area (Å²) >= 11 is 5.97. The molecule has 0 aliphatic carbocycles. The lowest BCUT2D eigenvalue weighted by Gasteiger charge is -2.14. The lowest BCUT2D eigenvalue weighted by Crippen LogP contribution is -2.17. The highest BCUT2D eigenvalue weighted by Gasteiger charge is 2.07. The van der Waals surface area contributed by atoms with Gasteiger partial charge in [0.25, 0.3) is 6.47 Å². The van der Waals surface area contributed by atoms with Gasteiger partial charge >= 0.3 is 0 Å². The lowest BCUT2D eigenvalue weighted by atomic mass is 10.1. The molecule has 0 aliphatic rings. The Hall–Kier alpha value is -1.48. The number of aromatic nitrogens is 1. The minimum absolute atomic E-state index is 0.318. The molecule has 0 N–H and O–H groups in total.